The molecule has 1 saturated carbocycles. The quantitative estimate of drug-likeness (QED) is 0.139. The summed E-state index contributed by atoms with van der Waals surface area (Å²) < 4.78 is 15.0. The van der Waals surface area contributed by atoms with Crippen molar-refractivity contribution < 1.29 is 30.4 Å². The van der Waals surface area contributed by atoms with Crippen molar-refractivity contribution in [3.63, 3.8) is 0 Å². The van der Waals surface area contributed by atoms with Crippen LogP contribution in [0.25, 0.3) is 0 Å². The average Bonchev–Trinajstić information content (AvgIpc) is 3.64. The van der Waals surface area contributed by atoms with E-state index >= 15 is 0 Å². The van der Waals surface area contributed by atoms with Gasteiger partial charge in [0.1, 0.15) is 0 Å². The van der Waals surface area contributed by atoms with Crippen molar-refractivity contribution in [3.8, 4) is 0 Å². The third-order valence-electron chi connectivity index (χ3n) is 9.21. The Kier molecular flexibility index (Phi) is 21.1. The van der Waals surface area contributed by atoms with Crippen LogP contribution in [0, 0.1) is 50.8 Å². The molecule has 1 aliphatic carbocycles. The fourth-order valence-corrected chi connectivity index (χ4v) is 9.80. The number of hydrogen-bond acceptors (Lipinski definition) is 0. The first kappa shape index (κ1) is 53.7. The van der Waals surface area contributed by atoms with Gasteiger partial charge in [-0.2, -0.15) is 0 Å². The summed E-state index contributed by atoms with van der Waals surface area (Å²) in [5.74, 6) is 0. The fourth-order valence-electron chi connectivity index (χ4n) is 5.94. The van der Waals surface area contributed by atoms with Crippen molar-refractivity contribution in [2.24, 2.45) is 0 Å². The van der Waals surface area contributed by atoms with E-state index < -0.39 is 0 Å². The monoisotopic (exact) mass is 946 g/mol. The molecule has 1 fully saturated rings. The van der Waals surface area contributed by atoms with E-state index in [2.05, 4.69) is 193 Å². The molecular formula is C50H68O2P2W. The summed E-state index contributed by atoms with van der Waals surface area (Å²) >= 11 is 0. The van der Waals surface area contributed by atoms with Crippen LogP contribution in [-0.2, 0) is 62.9 Å². The van der Waals surface area contributed by atoms with Crippen LogP contribution in [-0.4, -0.2) is 0 Å². The Morgan fingerprint density at radius 2 is 0.636 bits per heavy atom. The van der Waals surface area contributed by atoms with Gasteiger partial charge >= 0.3 is 22.6 Å². The maximum Gasteiger partial charge on any atom is 0 e. The zero-order valence-corrected chi connectivity index (χ0v) is 41.9. The van der Waals surface area contributed by atoms with Gasteiger partial charge in [-0.3, -0.25) is 0 Å². The molecule has 4 rings (SSSR count). The van der Waals surface area contributed by atoms with Crippen LogP contribution in [0.4, 0.5) is 0 Å². The normalized spacial score (nSPS) is 14.1. The SMILES string of the molecule is CC(C)(C)c1cc(C(C)(C)C)c([P][C]([P]c2c(C(C)(C)C)cc(C(C)(C)C)cc2C(C)(C)C)c2ccccc2)c(C(C)(C)C)c1.[C-]#[O+].[C-]#[O+].[CH]1[CH][CH][CH][CH]1.[W]. The van der Waals surface area contributed by atoms with E-state index in [9.17, 15) is 0 Å². The van der Waals surface area contributed by atoms with Gasteiger partial charge in [-0.05, 0) is 131 Å². The van der Waals surface area contributed by atoms with E-state index in [-0.39, 0.29) is 53.6 Å². The molecule has 3 aromatic carbocycles. The average molecular weight is 947 g/mol. The van der Waals surface area contributed by atoms with Gasteiger partial charge < -0.3 is 0 Å². The maximum absolute atomic E-state index is 7.50. The van der Waals surface area contributed by atoms with Crippen LogP contribution in [0.3, 0.4) is 0 Å². The molecule has 55 heavy (non-hydrogen) atoms. The van der Waals surface area contributed by atoms with Crippen LogP contribution in [0.15, 0.2) is 54.6 Å². The Bertz CT molecular complexity index is 1480. The first-order valence-electron chi connectivity index (χ1n) is 18.9. The van der Waals surface area contributed by atoms with Crippen LogP contribution in [0.5, 0.6) is 0 Å². The van der Waals surface area contributed by atoms with Gasteiger partial charge in [0, 0.05) is 21.1 Å². The molecule has 8 radical (unpaired) electrons. The van der Waals surface area contributed by atoms with Gasteiger partial charge in [-0.1, -0.05) is 179 Å². The Labute approximate surface area is 357 Å². The maximum atomic E-state index is 7.50. The minimum absolute atomic E-state index is 0. The molecule has 0 aromatic heterocycles. The predicted octanol–water partition coefficient (Wildman–Crippen LogP) is 13.8. The molecule has 0 aliphatic heterocycles. The van der Waals surface area contributed by atoms with Crippen LogP contribution >= 0.6 is 17.2 Å². The Morgan fingerprint density at radius 3 is 0.836 bits per heavy atom. The zero-order chi connectivity index (χ0) is 42.1. The second kappa shape index (κ2) is 21.6. The number of benzene rings is 3. The minimum Gasteiger partial charge on any atom is -0.0312 e. The third kappa shape index (κ3) is 16.1. The van der Waals surface area contributed by atoms with Gasteiger partial charge in [0.15, 0.2) is 0 Å². The number of rotatable bonds is 5. The zero-order valence-electron chi connectivity index (χ0n) is 37.2. The van der Waals surface area contributed by atoms with E-state index in [1.807, 2.05) is 32.1 Å². The largest absolute Gasteiger partial charge is 0.0312 e. The summed E-state index contributed by atoms with van der Waals surface area (Å²) in [6.45, 7) is 51.8. The van der Waals surface area contributed by atoms with Gasteiger partial charge in [0.25, 0.3) is 0 Å². The number of hydrogen-bond donors (Lipinski definition) is 0. The smallest absolute Gasteiger partial charge is 0 e. The molecule has 0 unspecified atom stereocenters. The molecule has 0 atom stereocenters. The Morgan fingerprint density at radius 1 is 0.400 bits per heavy atom. The Hall–Kier alpha value is -1.31. The van der Waals surface area contributed by atoms with Crippen molar-refractivity contribution in [2.45, 2.75) is 157 Å². The second-order valence-electron chi connectivity index (χ2n) is 20.2. The summed E-state index contributed by atoms with van der Waals surface area (Å²) in [7, 11) is 2.59. The molecule has 3 aromatic rings. The molecule has 0 bridgehead atoms. The molecule has 0 heterocycles. The first-order chi connectivity index (χ1) is 24.6. The molecule has 5 heteroatoms. The Balaban J connectivity index is 0.00000261. The van der Waals surface area contributed by atoms with Crippen molar-refractivity contribution in [3.05, 3.63) is 144 Å². The van der Waals surface area contributed by atoms with E-state index in [0.717, 1.165) is 0 Å². The standard InChI is InChI=1S/C43H63P2.C5H5.2CO.W/c1-38(2,3)29-24-31(40(7,8)9)35(32(25-29)41(10,11)12)44-37(28-22-20-19-21-23-28)45-36-33(42(13,14)15)26-30(39(4,5)6)27-34(36)43(16,17)18;1-2-4-5-3-1;2*1-2;/h19-27H,1-18H3;1-5H;;;. The van der Waals surface area contributed by atoms with Gasteiger partial charge in [0.05, 0.1) is 5.40 Å². The molecule has 0 N–H and O–H groups in total. The summed E-state index contributed by atoms with van der Waals surface area (Å²) in [6, 6.07) is 21.3. The van der Waals surface area contributed by atoms with E-state index in [4.69, 9.17) is 9.30 Å². The summed E-state index contributed by atoms with van der Waals surface area (Å²) in [4.78, 5) is 0. The minimum atomic E-state index is 0. The van der Waals surface area contributed by atoms with Crippen LogP contribution in [0.1, 0.15) is 164 Å². The van der Waals surface area contributed by atoms with E-state index in [1.165, 1.54) is 72.1 Å². The van der Waals surface area contributed by atoms with Gasteiger partial charge in [0.2, 0.25) is 0 Å². The van der Waals surface area contributed by atoms with Gasteiger partial charge in [-0.15, -0.1) is 0 Å². The molecule has 2 nitrogen and oxygen atoms in total. The molecule has 0 spiro atoms. The van der Waals surface area contributed by atoms with Crippen molar-refractivity contribution in [2.75, 3.05) is 0 Å². The van der Waals surface area contributed by atoms with Crippen LogP contribution in [0.2, 0.25) is 0 Å². The molecule has 0 amide bonds. The summed E-state index contributed by atoms with van der Waals surface area (Å²) in [6.07, 6.45) is 10.0. The predicted molar refractivity (Wildman–Crippen MR) is 236 cm³/mol. The van der Waals surface area contributed by atoms with Crippen LogP contribution < -0.4 is 10.6 Å². The van der Waals surface area contributed by atoms with E-state index in [0.29, 0.717) is 0 Å². The van der Waals surface area contributed by atoms with Gasteiger partial charge in [-0.25, -0.2) is 0 Å². The molecule has 0 saturated heterocycles. The summed E-state index contributed by atoms with van der Waals surface area (Å²) in [5.41, 5.74) is 10.3. The topological polar surface area (TPSA) is 39.8 Å². The first-order valence-corrected chi connectivity index (χ1v) is 20.7. The molecular weight excluding hydrogens is 878 g/mol. The molecule has 296 valence electrons. The van der Waals surface area contributed by atoms with Crippen molar-refractivity contribution in [1.82, 2.24) is 0 Å². The van der Waals surface area contributed by atoms with Crippen molar-refractivity contribution >= 4 is 27.8 Å². The van der Waals surface area contributed by atoms with Crippen molar-refractivity contribution in [1.29, 1.82) is 0 Å². The second-order valence-corrected chi connectivity index (χ2v) is 22.8. The van der Waals surface area contributed by atoms with E-state index in [1.54, 1.807) is 0 Å². The molecule has 1 aliphatic rings. The third-order valence-corrected chi connectivity index (χ3v) is 12.2. The summed E-state index contributed by atoms with van der Waals surface area (Å²) in [5, 5.41) is 4.42. The fraction of sp³-hybridized carbons (Fsp3) is 0.480.